The maximum Gasteiger partial charge on any atom is 0.231 e. The van der Waals surface area contributed by atoms with Crippen molar-refractivity contribution in [2.45, 2.75) is 13.5 Å². The first-order valence-corrected chi connectivity index (χ1v) is 8.99. The monoisotopic (exact) mass is 376 g/mol. The Morgan fingerprint density at radius 1 is 1.04 bits per heavy atom. The largest absolute Gasteiger partial charge is 0.489 e. The molecule has 0 saturated heterocycles. The Kier molecular flexibility index (Phi) is 4.69. The Morgan fingerprint density at radius 2 is 1.89 bits per heavy atom. The number of Topliss-reactive ketones (excluding diaryl/α,β-unsaturated/α-hetero) is 1. The summed E-state index contributed by atoms with van der Waals surface area (Å²) in [6.45, 7) is 2.39. The van der Waals surface area contributed by atoms with Gasteiger partial charge in [0.2, 0.25) is 5.78 Å². The first-order chi connectivity index (χ1) is 13.1. The Bertz CT molecular complexity index is 1050. The van der Waals surface area contributed by atoms with Crippen LogP contribution in [0.5, 0.6) is 11.5 Å². The highest BCUT2D eigenvalue weighted by atomic mass is 35.5. The van der Waals surface area contributed by atoms with E-state index in [1.807, 2.05) is 55.5 Å². The fraction of sp³-hybridized carbons (Fsp3) is 0.0870. The summed E-state index contributed by atoms with van der Waals surface area (Å²) in [6.07, 6.45) is 1.78. The van der Waals surface area contributed by atoms with Gasteiger partial charge in [0.15, 0.2) is 5.76 Å². The summed E-state index contributed by atoms with van der Waals surface area (Å²) in [5, 5.41) is 0.671. The first kappa shape index (κ1) is 17.4. The second-order valence-corrected chi connectivity index (χ2v) is 6.81. The molecular weight excluding hydrogens is 360 g/mol. The van der Waals surface area contributed by atoms with Gasteiger partial charge in [-0.1, -0.05) is 48.0 Å². The number of carbonyl (C=O) groups excluding carboxylic acids is 1. The zero-order valence-electron chi connectivity index (χ0n) is 14.7. The molecule has 0 fully saturated rings. The van der Waals surface area contributed by atoms with E-state index in [1.54, 1.807) is 24.3 Å². The van der Waals surface area contributed by atoms with Crippen molar-refractivity contribution < 1.29 is 14.3 Å². The Hall–Kier alpha value is -3.04. The van der Waals surface area contributed by atoms with Gasteiger partial charge in [-0.05, 0) is 54.0 Å². The highest BCUT2D eigenvalue weighted by Gasteiger charge is 2.27. The van der Waals surface area contributed by atoms with E-state index in [1.165, 1.54) is 0 Å². The topological polar surface area (TPSA) is 35.5 Å². The van der Waals surface area contributed by atoms with E-state index in [4.69, 9.17) is 21.1 Å². The molecule has 0 radical (unpaired) electrons. The number of halogens is 1. The number of fused-ring (bicyclic) bond motifs is 1. The molecule has 4 rings (SSSR count). The number of carbonyl (C=O) groups is 1. The fourth-order valence-corrected chi connectivity index (χ4v) is 3.15. The van der Waals surface area contributed by atoms with Crippen LogP contribution in [0.25, 0.3) is 6.08 Å². The zero-order chi connectivity index (χ0) is 18.8. The smallest absolute Gasteiger partial charge is 0.231 e. The standard InChI is InChI=1S/C23H17ClO3/c1-15-5-2-3-7-17(15)12-22-23(25)20-10-9-19(13-21(20)27-22)26-14-16-6-4-8-18(24)11-16/h2-13H,14H2,1H3/b22-12+. The predicted molar refractivity (Wildman–Crippen MR) is 106 cm³/mol. The van der Waals surface area contributed by atoms with Crippen LogP contribution in [0.3, 0.4) is 0 Å². The van der Waals surface area contributed by atoms with Crippen molar-refractivity contribution in [2.75, 3.05) is 0 Å². The van der Waals surface area contributed by atoms with Crippen LogP contribution in [0.15, 0.2) is 72.5 Å². The zero-order valence-corrected chi connectivity index (χ0v) is 15.5. The number of ether oxygens (including phenoxy) is 2. The quantitative estimate of drug-likeness (QED) is 0.536. The summed E-state index contributed by atoms with van der Waals surface area (Å²) in [4.78, 5) is 12.6. The van der Waals surface area contributed by atoms with Crippen molar-refractivity contribution in [3.8, 4) is 11.5 Å². The van der Waals surface area contributed by atoms with Crippen LogP contribution in [-0.2, 0) is 6.61 Å². The number of rotatable bonds is 4. The molecule has 0 bridgehead atoms. The molecule has 1 aliphatic rings. The Morgan fingerprint density at radius 3 is 2.70 bits per heavy atom. The minimum atomic E-state index is -0.116. The van der Waals surface area contributed by atoms with Crippen LogP contribution in [0.1, 0.15) is 27.0 Å². The van der Waals surface area contributed by atoms with Crippen molar-refractivity contribution in [2.24, 2.45) is 0 Å². The van der Waals surface area contributed by atoms with Crippen molar-refractivity contribution >= 4 is 23.5 Å². The van der Waals surface area contributed by atoms with Crippen LogP contribution >= 0.6 is 11.6 Å². The van der Waals surface area contributed by atoms with Crippen LogP contribution in [0, 0.1) is 6.92 Å². The number of aryl methyl sites for hydroxylation is 1. The van der Waals surface area contributed by atoms with E-state index in [0.29, 0.717) is 34.5 Å². The molecule has 134 valence electrons. The molecule has 1 aliphatic heterocycles. The number of hydrogen-bond donors (Lipinski definition) is 0. The van der Waals surface area contributed by atoms with E-state index in [-0.39, 0.29) is 5.78 Å². The van der Waals surface area contributed by atoms with Crippen LogP contribution in [-0.4, -0.2) is 5.78 Å². The lowest BCUT2D eigenvalue weighted by atomic mass is 10.1. The van der Waals surface area contributed by atoms with Crippen molar-refractivity contribution in [3.63, 3.8) is 0 Å². The van der Waals surface area contributed by atoms with Crippen LogP contribution in [0.2, 0.25) is 5.02 Å². The van der Waals surface area contributed by atoms with Gasteiger partial charge in [-0.15, -0.1) is 0 Å². The molecule has 0 amide bonds. The molecule has 3 aromatic carbocycles. The van der Waals surface area contributed by atoms with Gasteiger partial charge in [-0.2, -0.15) is 0 Å². The van der Waals surface area contributed by atoms with E-state index < -0.39 is 0 Å². The lowest BCUT2D eigenvalue weighted by Crippen LogP contribution is -1.98. The molecule has 0 N–H and O–H groups in total. The molecule has 1 heterocycles. The second kappa shape index (κ2) is 7.29. The van der Waals surface area contributed by atoms with Gasteiger partial charge in [0.05, 0.1) is 5.56 Å². The van der Waals surface area contributed by atoms with Gasteiger partial charge in [-0.25, -0.2) is 0 Å². The van der Waals surface area contributed by atoms with Crippen molar-refractivity contribution in [1.29, 1.82) is 0 Å². The van der Waals surface area contributed by atoms with E-state index in [9.17, 15) is 4.79 Å². The summed E-state index contributed by atoms with van der Waals surface area (Å²) >= 11 is 5.99. The van der Waals surface area contributed by atoms with Gasteiger partial charge >= 0.3 is 0 Å². The molecule has 3 aromatic rings. The third-order valence-corrected chi connectivity index (χ3v) is 4.65. The minimum absolute atomic E-state index is 0.116. The molecule has 0 aliphatic carbocycles. The normalized spacial score (nSPS) is 14.1. The lowest BCUT2D eigenvalue weighted by molar-refractivity contribution is 0.101. The van der Waals surface area contributed by atoms with Gasteiger partial charge in [0.25, 0.3) is 0 Å². The Balaban J connectivity index is 1.53. The number of benzene rings is 3. The molecule has 0 spiro atoms. The van der Waals surface area contributed by atoms with Crippen molar-refractivity contribution in [1.82, 2.24) is 0 Å². The van der Waals surface area contributed by atoms with Crippen molar-refractivity contribution in [3.05, 3.63) is 99.8 Å². The number of allylic oxidation sites excluding steroid dienone is 1. The van der Waals surface area contributed by atoms with E-state index in [2.05, 4.69) is 0 Å². The van der Waals surface area contributed by atoms with E-state index >= 15 is 0 Å². The molecule has 0 unspecified atom stereocenters. The molecule has 0 aromatic heterocycles. The lowest BCUT2D eigenvalue weighted by Gasteiger charge is -2.07. The maximum atomic E-state index is 12.6. The summed E-state index contributed by atoms with van der Waals surface area (Å²) in [5.74, 6) is 1.36. The summed E-state index contributed by atoms with van der Waals surface area (Å²) in [5.41, 5.74) is 3.57. The predicted octanol–water partition coefficient (Wildman–Crippen LogP) is 5.84. The highest BCUT2D eigenvalue weighted by molar-refractivity contribution is 6.30. The molecule has 0 saturated carbocycles. The number of hydrogen-bond acceptors (Lipinski definition) is 3. The van der Waals surface area contributed by atoms with Crippen LogP contribution < -0.4 is 9.47 Å². The molecule has 27 heavy (non-hydrogen) atoms. The van der Waals surface area contributed by atoms with Gasteiger partial charge < -0.3 is 9.47 Å². The van der Waals surface area contributed by atoms with Gasteiger partial charge in [0, 0.05) is 11.1 Å². The molecular formula is C23H17ClO3. The third kappa shape index (κ3) is 3.74. The fourth-order valence-electron chi connectivity index (χ4n) is 2.94. The maximum absolute atomic E-state index is 12.6. The Labute approximate surface area is 162 Å². The minimum Gasteiger partial charge on any atom is -0.489 e. The summed E-state index contributed by atoms with van der Waals surface area (Å²) in [6, 6.07) is 20.6. The van der Waals surface area contributed by atoms with Gasteiger partial charge in [0.1, 0.15) is 18.1 Å². The second-order valence-electron chi connectivity index (χ2n) is 6.37. The third-order valence-electron chi connectivity index (χ3n) is 4.41. The first-order valence-electron chi connectivity index (χ1n) is 8.61. The summed E-state index contributed by atoms with van der Waals surface area (Å²) < 4.78 is 11.6. The molecule has 4 heteroatoms. The molecule has 0 atom stereocenters. The average Bonchev–Trinajstić information content (AvgIpc) is 2.97. The van der Waals surface area contributed by atoms with E-state index in [0.717, 1.165) is 16.7 Å². The van der Waals surface area contributed by atoms with Crippen LogP contribution in [0.4, 0.5) is 0 Å². The average molecular weight is 377 g/mol. The summed E-state index contributed by atoms with van der Waals surface area (Å²) in [7, 11) is 0. The SMILES string of the molecule is Cc1ccccc1/C=C1/Oc2cc(OCc3cccc(Cl)c3)ccc2C1=O. The van der Waals surface area contributed by atoms with Gasteiger partial charge in [-0.3, -0.25) is 4.79 Å². The number of ketones is 1. The highest BCUT2D eigenvalue weighted by Crippen LogP contribution is 2.35. The molecule has 3 nitrogen and oxygen atoms in total.